The van der Waals surface area contributed by atoms with Crippen LogP contribution in [0.1, 0.15) is 33.5 Å². The molecular formula is C18H21NO2S2. The summed E-state index contributed by atoms with van der Waals surface area (Å²) in [5.41, 5.74) is 0. The van der Waals surface area contributed by atoms with Crippen LogP contribution in [-0.4, -0.2) is 36.8 Å². The highest BCUT2D eigenvalue weighted by molar-refractivity contribution is 7.99. The van der Waals surface area contributed by atoms with E-state index in [-0.39, 0.29) is 12.0 Å². The van der Waals surface area contributed by atoms with Gasteiger partial charge in [0.05, 0.1) is 11.0 Å². The molecule has 1 aliphatic heterocycles. The highest BCUT2D eigenvalue weighted by Gasteiger charge is 2.21. The molecule has 3 nitrogen and oxygen atoms in total. The van der Waals surface area contributed by atoms with Gasteiger partial charge in [0, 0.05) is 35.7 Å². The first-order chi connectivity index (χ1) is 11.2. The molecule has 2 aromatic rings. The smallest absolute Gasteiger partial charge is 0.263 e. The molecule has 1 aromatic carbocycles. The second-order valence-corrected chi connectivity index (χ2v) is 7.88. The van der Waals surface area contributed by atoms with E-state index in [1.807, 2.05) is 37.4 Å². The Morgan fingerprint density at radius 3 is 2.87 bits per heavy atom. The van der Waals surface area contributed by atoms with Crippen LogP contribution in [-0.2, 0) is 4.74 Å². The van der Waals surface area contributed by atoms with Crippen LogP contribution in [0.15, 0.2) is 47.4 Å². The van der Waals surface area contributed by atoms with E-state index in [0.29, 0.717) is 0 Å². The summed E-state index contributed by atoms with van der Waals surface area (Å²) in [6, 6.07) is 14.3. The third-order valence-electron chi connectivity index (χ3n) is 3.87. The molecule has 0 radical (unpaired) electrons. The minimum absolute atomic E-state index is 0.105. The fourth-order valence-corrected chi connectivity index (χ4v) is 4.59. The molecule has 0 saturated carbocycles. The fraction of sp³-hybridized carbons (Fsp3) is 0.389. The van der Waals surface area contributed by atoms with Crippen molar-refractivity contribution in [1.82, 2.24) is 4.90 Å². The zero-order chi connectivity index (χ0) is 16.1. The molecule has 0 aliphatic carbocycles. The average Bonchev–Trinajstić information content (AvgIpc) is 3.26. The van der Waals surface area contributed by atoms with Crippen LogP contribution >= 0.6 is 23.1 Å². The molecule has 1 aliphatic rings. The van der Waals surface area contributed by atoms with Crippen LogP contribution in [0.25, 0.3) is 0 Å². The molecule has 3 rings (SSSR count). The Morgan fingerprint density at radius 2 is 2.13 bits per heavy atom. The Morgan fingerprint density at radius 1 is 1.30 bits per heavy atom. The van der Waals surface area contributed by atoms with Crippen molar-refractivity contribution in [2.24, 2.45) is 0 Å². The van der Waals surface area contributed by atoms with Gasteiger partial charge < -0.3 is 9.64 Å². The van der Waals surface area contributed by atoms with Crippen molar-refractivity contribution < 1.29 is 9.53 Å². The second-order valence-electron chi connectivity index (χ2n) is 5.59. The van der Waals surface area contributed by atoms with Crippen LogP contribution in [0.2, 0.25) is 0 Å². The Bertz CT molecular complexity index is 635. The zero-order valence-electron chi connectivity index (χ0n) is 13.2. The standard InChI is InChI=1S/C18H21NO2S2/c1-19(11-13-22-14-6-3-2-4-7-14)18(20)17-10-9-16(23-17)15-8-5-12-21-15/h2-4,6-7,9-10,15H,5,8,11-13H2,1H3. The van der Waals surface area contributed by atoms with E-state index in [4.69, 9.17) is 4.74 Å². The summed E-state index contributed by atoms with van der Waals surface area (Å²) in [5, 5.41) is 0. The van der Waals surface area contributed by atoms with Crippen molar-refractivity contribution in [2.45, 2.75) is 23.8 Å². The molecule has 0 N–H and O–H groups in total. The lowest BCUT2D eigenvalue weighted by Gasteiger charge is -2.16. The molecule has 1 unspecified atom stereocenters. The number of amides is 1. The van der Waals surface area contributed by atoms with Gasteiger partial charge in [-0.15, -0.1) is 23.1 Å². The molecule has 2 heterocycles. The number of carbonyl (C=O) groups is 1. The Hall–Kier alpha value is -1.30. The third kappa shape index (κ3) is 4.37. The number of benzene rings is 1. The van der Waals surface area contributed by atoms with Gasteiger partial charge >= 0.3 is 0 Å². The van der Waals surface area contributed by atoms with E-state index in [1.165, 1.54) is 9.77 Å². The lowest BCUT2D eigenvalue weighted by Crippen LogP contribution is -2.28. The summed E-state index contributed by atoms with van der Waals surface area (Å²) in [6.07, 6.45) is 2.38. The summed E-state index contributed by atoms with van der Waals surface area (Å²) in [6.45, 7) is 1.58. The predicted molar refractivity (Wildman–Crippen MR) is 96.4 cm³/mol. The minimum Gasteiger partial charge on any atom is -0.373 e. The fourth-order valence-electron chi connectivity index (χ4n) is 2.55. The van der Waals surface area contributed by atoms with Crippen LogP contribution < -0.4 is 0 Å². The summed E-state index contributed by atoms with van der Waals surface area (Å²) in [7, 11) is 1.87. The second kappa shape index (κ2) is 7.99. The number of carbonyl (C=O) groups excluding carboxylic acids is 1. The largest absolute Gasteiger partial charge is 0.373 e. The molecule has 1 aromatic heterocycles. The van der Waals surface area contributed by atoms with Crippen LogP contribution in [0.5, 0.6) is 0 Å². The number of thioether (sulfide) groups is 1. The van der Waals surface area contributed by atoms with Crippen molar-refractivity contribution in [1.29, 1.82) is 0 Å². The first kappa shape index (κ1) is 16.6. The minimum atomic E-state index is 0.105. The SMILES string of the molecule is CN(CCSc1ccccc1)C(=O)c1ccc(C2CCCO2)s1. The van der Waals surface area contributed by atoms with Crippen molar-refractivity contribution in [3.05, 3.63) is 52.2 Å². The van der Waals surface area contributed by atoms with Gasteiger partial charge in [0.1, 0.15) is 0 Å². The third-order valence-corrected chi connectivity index (χ3v) is 6.03. The number of rotatable bonds is 6. The van der Waals surface area contributed by atoms with Gasteiger partial charge in [-0.2, -0.15) is 0 Å². The lowest BCUT2D eigenvalue weighted by atomic mass is 10.2. The molecule has 1 saturated heterocycles. The van der Waals surface area contributed by atoms with Gasteiger partial charge in [0.25, 0.3) is 5.91 Å². The molecule has 0 spiro atoms. The molecule has 5 heteroatoms. The van der Waals surface area contributed by atoms with Gasteiger partial charge in [-0.1, -0.05) is 18.2 Å². The molecule has 1 amide bonds. The Kier molecular flexibility index (Phi) is 5.75. The summed E-state index contributed by atoms with van der Waals surface area (Å²) in [5.74, 6) is 1.00. The molecular weight excluding hydrogens is 326 g/mol. The lowest BCUT2D eigenvalue weighted by molar-refractivity contribution is 0.0808. The monoisotopic (exact) mass is 347 g/mol. The van der Waals surface area contributed by atoms with Gasteiger partial charge in [-0.25, -0.2) is 0 Å². The Balaban J connectivity index is 1.51. The van der Waals surface area contributed by atoms with Crippen LogP contribution in [0.4, 0.5) is 0 Å². The average molecular weight is 348 g/mol. The zero-order valence-corrected chi connectivity index (χ0v) is 14.9. The maximum absolute atomic E-state index is 12.5. The normalized spacial score (nSPS) is 17.3. The number of thiophene rings is 1. The molecule has 0 bridgehead atoms. The van der Waals surface area contributed by atoms with Gasteiger partial charge in [0.15, 0.2) is 0 Å². The van der Waals surface area contributed by atoms with Crippen molar-refractivity contribution in [2.75, 3.05) is 26.0 Å². The van der Waals surface area contributed by atoms with Crippen molar-refractivity contribution in [3.63, 3.8) is 0 Å². The number of ether oxygens (including phenoxy) is 1. The number of nitrogens with zero attached hydrogens (tertiary/aromatic N) is 1. The topological polar surface area (TPSA) is 29.5 Å². The number of hydrogen-bond acceptors (Lipinski definition) is 4. The van der Waals surface area contributed by atoms with Gasteiger partial charge in [0.2, 0.25) is 0 Å². The molecule has 1 fully saturated rings. The van der Waals surface area contributed by atoms with Crippen molar-refractivity contribution >= 4 is 29.0 Å². The molecule has 1 atom stereocenters. The summed E-state index contributed by atoms with van der Waals surface area (Å²) >= 11 is 3.35. The predicted octanol–water partition coefficient (Wildman–Crippen LogP) is 4.46. The van der Waals surface area contributed by atoms with E-state index in [1.54, 1.807) is 28.0 Å². The van der Waals surface area contributed by atoms with Crippen LogP contribution in [0.3, 0.4) is 0 Å². The van der Waals surface area contributed by atoms with Crippen LogP contribution in [0, 0.1) is 0 Å². The van der Waals surface area contributed by atoms with E-state index in [0.717, 1.165) is 36.6 Å². The van der Waals surface area contributed by atoms with E-state index in [2.05, 4.69) is 12.1 Å². The first-order valence-corrected chi connectivity index (χ1v) is 9.69. The summed E-state index contributed by atoms with van der Waals surface area (Å²) < 4.78 is 5.69. The van der Waals surface area contributed by atoms with Gasteiger partial charge in [-0.3, -0.25) is 4.79 Å². The number of hydrogen-bond donors (Lipinski definition) is 0. The Labute approximate surface area is 145 Å². The van der Waals surface area contributed by atoms with E-state index >= 15 is 0 Å². The highest BCUT2D eigenvalue weighted by Crippen LogP contribution is 2.33. The van der Waals surface area contributed by atoms with Gasteiger partial charge in [-0.05, 0) is 37.1 Å². The first-order valence-electron chi connectivity index (χ1n) is 7.88. The maximum atomic E-state index is 12.5. The maximum Gasteiger partial charge on any atom is 0.263 e. The molecule has 122 valence electrons. The highest BCUT2D eigenvalue weighted by atomic mass is 32.2. The van der Waals surface area contributed by atoms with E-state index < -0.39 is 0 Å². The quantitative estimate of drug-likeness (QED) is 0.722. The summed E-state index contributed by atoms with van der Waals surface area (Å²) in [4.78, 5) is 17.5. The van der Waals surface area contributed by atoms with E-state index in [9.17, 15) is 4.79 Å². The molecule has 23 heavy (non-hydrogen) atoms. The van der Waals surface area contributed by atoms with Crippen molar-refractivity contribution in [3.8, 4) is 0 Å².